The lowest BCUT2D eigenvalue weighted by Crippen LogP contribution is -2.27. The zero-order valence-electron chi connectivity index (χ0n) is 14.6. The first-order valence-electron chi connectivity index (χ1n) is 8.85. The summed E-state index contributed by atoms with van der Waals surface area (Å²) in [4.78, 5) is 12.7. The van der Waals surface area contributed by atoms with Crippen LogP contribution in [0.1, 0.15) is 30.7 Å². The van der Waals surface area contributed by atoms with Gasteiger partial charge in [-0.2, -0.15) is 9.40 Å². The molecule has 8 heteroatoms. The van der Waals surface area contributed by atoms with E-state index in [1.54, 1.807) is 35.1 Å². The Labute approximate surface area is 153 Å². The highest BCUT2D eigenvalue weighted by molar-refractivity contribution is 7.89. The molecule has 0 radical (unpaired) electrons. The van der Waals surface area contributed by atoms with Crippen molar-refractivity contribution in [2.45, 2.75) is 30.1 Å². The number of rotatable bonds is 5. The molecule has 2 heterocycles. The van der Waals surface area contributed by atoms with Crippen LogP contribution < -0.4 is 5.32 Å². The molecule has 2 aliphatic rings. The van der Waals surface area contributed by atoms with E-state index in [0.29, 0.717) is 18.8 Å². The quantitative estimate of drug-likeness (QED) is 0.867. The number of amides is 1. The fourth-order valence-corrected chi connectivity index (χ4v) is 5.02. The Morgan fingerprint density at radius 3 is 2.50 bits per heavy atom. The van der Waals surface area contributed by atoms with E-state index in [4.69, 9.17) is 0 Å². The molecule has 1 saturated heterocycles. The number of aromatic nitrogens is 2. The summed E-state index contributed by atoms with van der Waals surface area (Å²) in [5.41, 5.74) is 1.70. The van der Waals surface area contributed by atoms with Crippen molar-refractivity contribution in [1.82, 2.24) is 14.1 Å². The molecule has 138 valence electrons. The fourth-order valence-electron chi connectivity index (χ4n) is 3.51. The zero-order valence-corrected chi connectivity index (χ0v) is 15.4. The number of nitrogens with one attached hydrogen (secondary N) is 1. The molecule has 1 aliphatic carbocycles. The summed E-state index contributed by atoms with van der Waals surface area (Å²) in [7, 11) is -1.56. The van der Waals surface area contributed by atoms with Crippen molar-refractivity contribution in [3.8, 4) is 0 Å². The average Bonchev–Trinajstić information content (AvgIpc) is 3.02. The standard InChI is InChI=1S/C18H22N4O3S/c1-21-12-13(11-19-21)16-10-17(16)18(23)20-14-4-6-15(7-5-14)26(24,25)22-8-2-3-9-22/h4-7,11-12,16-17H,2-3,8-10H2,1H3,(H,20,23). The SMILES string of the molecule is Cn1cc(C2CC2C(=O)Nc2ccc(S(=O)(=O)N3CCCC3)cc2)cn1. The van der Waals surface area contributed by atoms with Crippen LogP contribution in [0.5, 0.6) is 0 Å². The van der Waals surface area contributed by atoms with Crippen molar-refractivity contribution in [1.29, 1.82) is 0 Å². The second-order valence-electron chi connectivity index (χ2n) is 7.02. The van der Waals surface area contributed by atoms with E-state index < -0.39 is 10.0 Å². The smallest absolute Gasteiger partial charge is 0.243 e. The van der Waals surface area contributed by atoms with Gasteiger partial charge in [0.15, 0.2) is 0 Å². The summed E-state index contributed by atoms with van der Waals surface area (Å²) in [6.45, 7) is 1.16. The molecule has 4 rings (SSSR count). The molecule has 1 aromatic heterocycles. The Balaban J connectivity index is 1.39. The normalized spacial score (nSPS) is 23.1. The molecule has 1 saturated carbocycles. The predicted octanol–water partition coefficient (Wildman–Crippen LogP) is 1.95. The second kappa shape index (κ2) is 6.51. The van der Waals surface area contributed by atoms with Gasteiger partial charge in [0.2, 0.25) is 15.9 Å². The molecule has 1 amide bonds. The Bertz CT molecular complexity index is 914. The van der Waals surface area contributed by atoms with Crippen molar-refractivity contribution >= 4 is 21.6 Å². The maximum atomic E-state index is 12.5. The monoisotopic (exact) mass is 374 g/mol. The molecule has 1 aliphatic heterocycles. The van der Waals surface area contributed by atoms with E-state index in [0.717, 1.165) is 24.8 Å². The van der Waals surface area contributed by atoms with Crippen molar-refractivity contribution in [3.63, 3.8) is 0 Å². The van der Waals surface area contributed by atoms with Gasteiger partial charge in [-0.15, -0.1) is 0 Å². The number of carbonyl (C=O) groups excluding carboxylic acids is 1. The average molecular weight is 374 g/mol. The molecule has 1 aromatic carbocycles. The molecule has 26 heavy (non-hydrogen) atoms. The highest BCUT2D eigenvalue weighted by Crippen LogP contribution is 2.47. The maximum Gasteiger partial charge on any atom is 0.243 e. The van der Waals surface area contributed by atoms with Crippen LogP contribution in [0.2, 0.25) is 0 Å². The van der Waals surface area contributed by atoms with E-state index in [2.05, 4.69) is 10.4 Å². The van der Waals surface area contributed by atoms with Crippen molar-refractivity contribution in [2.75, 3.05) is 18.4 Å². The lowest BCUT2D eigenvalue weighted by atomic mass is 10.2. The van der Waals surface area contributed by atoms with Gasteiger partial charge in [-0.3, -0.25) is 9.48 Å². The van der Waals surface area contributed by atoms with Gasteiger partial charge in [0, 0.05) is 37.9 Å². The van der Waals surface area contributed by atoms with E-state index in [-0.39, 0.29) is 22.6 Å². The highest BCUT2D eigenvalue weighted by Gasteiger charge is 2.44. The van der Waals surface area contributed by atoms with Crippen LogP contribution in [0.4, 0.5) is 5.69 Å². The number of hydrogen-bond donors (Lipinski definition) is 1. The van der Waals surface area contributed by atoms with E-state index in [9.17, 15) is 13.2 Å². The van der Waals surface area contributed by atoms with Gasteiger partial charge in [0.1, 0.15) is 0 Å². The molecule has 7 nitrogen and oxygen atoms in total. The van der Waals surface area contributed by atoms with Gasteiger partial charge in [0.05, 0.1) is 11.1 Å². The Hall–Kier alpha value is -2.19. The van der Waals surface area contributed by atoms with Crippen molar-refractivity contribution in [3.05, 3.63) is 42.2 Å². The third-order valence-corrected chi connectivity index (χ3v) is 7.02. The third kappa shape index (κ3) is 3.26. The Morgan fingerprint density at radius 1 is 1.19 bits per heavy atom. The van der Waals surface area contributed by atoms with Crippen molar-refractivity contribution in [2.24, 2.45) is 13.0 Å². The van der Waals surface area contributed by atoms with Crippen LogP contribution >= 0.6 is 0 Å². The lowest BCUT2D eigenvalue weighted by Gasteiger charge is -2.15. The second-order valence-corrected chi connectivity index (χ2v) is 8.96. The van der Waals surface area contributed by atoms with Gasteiger partial charge in [-0.1, -0.05) is 0 Å². The van der Waals surface area contributed by atoms with E-state index in [1.807, 2.05) is 13.2 Å². The fraction of sp³-hybridized carbons (Fsp3) is 0.444. The highest BCUT2D eigenvalue weighted by atomic mass is 32.2. The summed E-state index contributed by atoms with van der Waals surface area (Å²) in [5.74, 6) is 0.139. The maximum absolute atomic E-state index is 12.5. The first kappa shape index (κ1) is 17.2. The number of carbonyl (C=O) groups is 1. The topological polar surface area (TPSA) is 84.3 Å². The van der Waals surface area contributed by atoms with Gasteiger partial charge < -0.3 is 5.32 Å². The van der Waals surface area contributed by atoms with Crippen LogP contribution in [0.3, 0.4) is 0 Å². The zero-order chi connectivity index (χ0) is 18.3. The first-order chi connectivity index (χ1) is 12.4. The molecular formula is C18H22N4O3S. The van der Waals surface area contributed by atoms with Crippen LogP contribution in [0.25, 0.3) is 0 Å². The first-order valence-corrected chi connectivity index (χ1v) is 10.3. The molecular weight excluding hydrogens is 352 g/mol. The minimum absolute atomic E-state index is 0.0333. The number of hydrogen-bond acceptors (Lipinski definition) is 4. The van der Waals surface area contributed by atoms with Gasteiger partial charge >= 0.3 is 0 Å². The minimum Gasteiger partial charge on any atom is -0.326 e. The molecule has 2 aromatic rings. The Morgan fingerprint density at radius 2 is 1.88 bits per heavy atom. The number of sulfonamides is 1. The molecule has 0 spiro atoms. The van der Waals surface area contributed by atoms with Crippen LogP contribution in [-0.4, -0.2) is 41.5 Å². The van der Waals surface area contributed by atoms with Crippen LogP contribution in [0, 0.1) is 5.92 Å². The van der Waals surface area contributed by atoms with Crippen LogP contribution in [0.15, 0.2) is 41.6 Å². The number of anilines is 1. The van der Waals surface area contributed by atoms with Crippen LogP contribution in [-0.2, 0) is 21.9 Å². The molecule has 2 atom stereocenters. The molecule has 2 fully saturated rings. The Kier molecular flexibility index (Phi) is 4.32. The summed E-state index contributed by atoms with van der Waals surface area (Å²) in [6, 6.07) is 6.44. The third-order valence-electron chi connectivity index (χ3n) is 5.10. The summed E-state index contributed by atoms with van der Waals surface area (Å²) < 4.78 is 28.3. The molecule has 2 unspecified atom stereocenters. The summed E-state index contributed by atoms with van der Waals surface area (Å²) in [6.07, 6.45) is 6.38. The summed E-state index contributed by atoms with van der Waals surface area (Å²) >= 11 is 0. The van der Waals surface area contributed by atoms with Gasteiger partial charge in [-0.05, 0) is 55.0 Å². The predicted molar refractivity (Wildman–Crippen MR) is 97.1 cm³/mol. The van der Waals surface area contributed by atoms with Gasteiger partial charge in [-0.25, -0.2) is 8.42 Å². The number of benzene rings is 1. The van der Waals surface area contributed by atoms with E-state index >= 15 is 0 Å². The minimum atomic E-state index is -3.42. The lowest BCUT2D eigenvalue weighted by molar-refractivity contribution is -0.117. The summed E-state index contributed by atoms with van der Waals surface area (Å²) in [5, 5.41) is 7.03. The number of nitrogens with zero attached hydrogens (tertiary/aromatic N) is 3. The molecule has 1 N–H and O–H groups in total. The van der Waals surface area contributed by atoms with Gasteiger partial charge in [0.25, 0.3) is 0 Å². The molecule has 0 bridgehead atoms. The van der Waals surface area contributed by atoms with Crippen molar-refractivity contribution < 1.29 is 13.2 Å². The van der Waals surface area contributed by atoms with E-state index in [1.165, 1.54) is 4.31 Å². The number of aryl methyl sites for hydroxylation is 1. The largest absolute Gasteiger partial charge is 0.326 e.